The number of benzene rings is 1. The summed E-state index contributed by atoms with van der Waals surface area (Å²) in [6.07, 6.45) is -2.38. The Morgan fingerprint density at radius 2 is 2.00 bits per heavy atom. The zero-order valence-electron chi connectivity index (χ0n) is 11.8. The van der Waals surface area contributed by atoms with Gasteiger partial charge in [-0.05, 0) is 18.9 Å². The number of carbonyl (C=O) groups excluding carboxylic acids is 1. The number of alkyl halides is 3. The number of nitrogens with zero attached hydrogens (tertiary/aromatic N) is 2. The van der Waals surface area contributed by atoms with Crippen LogP contribution in [0.5, 0.6) is 0 Å². The molecular formula is C16H13F3N2O. The Hall–Kier alpha value is -2.29. The minimum absolute atomic E-state index is 0.00160. The van der Waals surface area contributed by atoms with Crippen LogP contribution in [0.1, 0.15) is 18.4 Å². The summed E-state index contributed by atoms with van der Waals surface area (Å²) in [5, 5.41) is 0. The summed E-state index contributed by atoms with van der Waals surface area (Å²) in [7, 11) is 1.42. The second-order valence-corrected chi connectivity index (χ2v) is 5.42. The smallest absolute Gasteiger partial charge is 0.310 e. The lowest BCUT2D eigenvalue weighted by atomic mass is 9.88. The van der Waals surface area contributed by atoms with Crippen LogP contribution in [0.25, 0.3) is 0 Å². The van der Waals surface area contributed by atoms with E-state index in [2.05, 4.69) is 16.8 Å². The van der Waals surface area contributed by atoms with Crippen molar-refractivity contribution >= 4 is 17.8 Å². The van der Waals surface area contributed by atoms with Crippen molar-refractivity contribution in [2.75, 3.05) is 11.9 Å². The molecule has 0 saturated heterocycles. The minimum Gasteiger partial charge on any atom is -0.310 e. The third kappa shape index (κ3) is 2.27. The molecule has 0 radical (unpaired) electrons. The van der Waals surface area contributed by atoms with Gasteiger partial charge in [0.15, 0.2) is 0 Å². The molecule has 1 heterocycles. The quantitative estimate of drug-likeness (QED) is 0.678. The van der Waals surface area contributed by atoms with Gasteiger partial charge in [0.1, 0.15) is 0 Å². The molecule has 1 aliphatic carbocycles. The van der Waals surface area contributed by atoms with Crippen LogP contribution in [-0.4, -0.2) is 25.3 Å². The van der Waals surface area contributed by atoms with Gasteiger partial charge in [0.05, 0.1) is 11.9 Å². The first-order valence-electron chi connectivity index (χ1n) is 6.87. The molecule has 1 aromatic rings. The Morgan fingerprint density at radius 1 is 1.32 bits per heavy atom. The number of halogens is 3. The third-order valence-electron chi connectivity index (χ3n) is 3.80. The lowest BCUT2D eigenvalue weighted by Gasteiger charge is -2.29. The van der Waals surface area contributed by atoms with E-state index in [4.69, 9.17) is 0 Å². The first kappa shape index (κ1) is 14.6. The molecular weight excluding hydrogens is 293 g/mol. The lowest BCUT2D eigenvalue weighted by Crippen LogP contribution is -2.39. The van der Waals surface area contributed by atoms with E-state index < -0.39 is 17.6 Å². The second kappa shape index (κ2) is 4.87. The number of anilines is 1. The van der Waals surface area contributed by atoms with Crippen LogP contribution >= 0.6 is 0 Å². The largest absolute Gasteiger partial charge is 0.429 e. The van der Waals surface area contributed by atoms with Gasteiger partial charge in [-0.3, -0.25) is 9.79 Å². The number of fused-ring (bicyclic) bond motifs is 1. The van der Waals surface area contributed by atoms with Crippen LogP contribution in [0.2, 0.25) is 0 Å². The Kier molecular flexibility index (Phi) is 3.24. The highest BCUT2D eigenvalue weighted by Gasteiger charge is 2.57. The second-order valence-electron chi connectivity index (χ2n) is 5.42. The molecule has 114 valence electrons. The molecule has 1 aliphatic heterocycles. The Morgan fingerprint density at radius 3 is 2.64 bits per heavy atom. The fourth-order valence-corrected chi connectivity index (χ4v) is 2.33. The molecule has 1 fully saturated rings. The Balaban J connectivity index is 2.28. The molecule has 0 N–H and O–H groups in total. The van der Waals surface area contributed by atoms with Crippen molar-refractivity contribution in [3.05, 3.63) is 29.8 Å². The van der Waals surface area contributed by atoms with E-state index in [1.54, 1.807) is 6.07 Å². The van der Waals surface area contributed by atoms with Crippen molar-refractivity contribution < 1.29 is 18.0 Å². The zero-order chi connectivity index (χ0) is 16.0. The highest BCUT2D eigenvalue weighted by Crippen LogP contribution is 2.46. The molecule has 0 bridgehead atoms. The molecule has 0 spiro atoms. The summed E-state index contributed by atoms with van der Waals surface area (Å²) in [6, 6.07) is 5.89. The zero-order valence-corrected chi connectivity index (χ0v) is 11.8. The van der Waals surface area contributed by atoms with Gasteiger partial charge in [0.25, 0.3) is 5.91 Å². The van der Waals surface area contributed by atoms with E-state index in [0.29, 0.717) is 0 Å². The van der Waals surface area contributed by atoms with Gasteiger partial charge in [-0.2, -0.15) is 13.2 Å². The van der Waals surface area contributed by atoms with Crippen molar-refractivity contribution in [1.82, 2.24) is 0 Å². The monoisotopic (exact) mass is 306 g/mol. The van der Waals surface area contributed by atoms with Crippen LogP contribution in [-0.2, 0) is 10.3 Å². The molecule has 1 aromatic carbocycles. The molecule has 1 amide bonds. The van der Waals surface area contributed by atoms with Crippen molar-refractivity contribution in [3.8, 4) is 11.8 Å². The fraction of sp³-hybridized carbons (Fsp3) is 0.375. The Bertz CT molecular complexity index is 710. The number of hydrogen-bond acceptors (Lipinski definition) is 2. The summed E-state index contributed by atoms with van der Waals surface area (Å²) < 4.78 is 41.5. The van der Waals surface area contributed by atoms with Gasteiger partial charge in [-0.1, -0.05) is 30.0 Å². The molecule has 1 unspecified atom stereocenters. The molecule has 1 atom stereocenters. The summed E-state index contributed by atoms with van der Waals surface area (Å²) in [6.45, 7) is 0. The molecule has 3 rings (SSSR count). The van der Waals surface area contributed by atoms with E-state index in [1.807, 2.05) is 0 Å². The van der Waals surface area contributed by atoms with Crippen LogP contribution in [0, 0.1) is 17.8 Å². The molecule has 6 heteroatoms. The number of amides is 1. The van der Waals surface area contributed by atoms with E-state index in [1.165, 1.54) is 25.2 Å². The first-order chi connectivity index (χ1) is 10.3. The summed E-state index contributed by atoms with van der Waals surface area (Å²) in [5.74, 6) is 4.37. The Labute approximate surface area is 125 Å². The van der Waals surface area contributed by atoms with Gasteiger partial charge >= 0.3 is 6.18 Å². The van der Waals surface area contributed by atoms with Gasteiger partial charge < -0.3 is 4.90 Å². The number of para-hydroxylation sites is 1. The van der Waals surface area contributed by atoms with E-state index >= 15 is 0 Å². The molecule has 2 aliphatic rings. The predicted molar refractivity (Wildman–Crippen MR) is 76.6 cm³/mol. The number of carbonyl (C=O) groups is 1. The van der Waals surface area contributed by atoms with E-state index in [9.17, 15) is 18.0 Å². The molecule has 1 saturated carbocycles. The van der Waals surface area contributed by atoms with Crippen LogP contribution in [0.4, 0.5) is 18.9 Å². The predicted octanol–water partition coefficient (Wildman–Crippen LogP) is 2.90. The van der Waals surface area contributed by atoms with Crippen LogP contribution in [0.3, 0.4) is 0 Å². The lowest BCUT2D eigenvalue weighted by molar-refractivity contribution is -0.170. The van der Waals surface area contributed by atoms with Gasteiger partial charge in [-0.25, -0.2) is 0 Å². The average molecular weight is 306 g/mol. The highest BCUT2D eigenvalue weighted by atomic mass is 19.4. The van der Waals surface area contributed by atoms with Crippen LogP contribution in [0.15, 0.2) is 29.3 Å². The summed E-state index contributed by atoms with van der Waals surface area (Å²) in [5.41, 5.74) is -2.63. The fourth-order valence-electron chi connectivity index (χ4n) is 2.33. The molecule has 22 heavy (non-hydrogen) atoms. The van der Waals surface area contributed by atoms with Crippen molar-refractivity contribution in [3.63, 3.8) is 0 Å². The van der Waals surface area contributed by atoms with Crippen molar-refractivity contribution in [2.45, 2.75) is 24.6 Å². The summed E-state index contributed by atoms with van der Waals surface area (Å²) >= 11 is 0. The molecule has 0 aromatic heterocycles. The minimum atomic E-state index is -4.72. The first-order valence-corrected chi connectivity index (χ1v) is 6.87. The van der Waals surface area contributed by atoms with E-state index in [-0.39, 0.29) is 17.2 Å². The normalized spacial score (nSPS) is 24.4. The van der Waals surface area contributed by atoms with Gasteiger partial charge in [-0.15, -0.1) is 0 Å². The number of rotatable bonds is 0. The maximum atomic E-state index is 13.8. The average Bonchev–Trinajstić information content (AvgIpc) is 3.29. The topological polar surface area (TPSA) is 32.7 Å². The number of hydrogen-bond donors (Lipinski definition) is 0. The van der Waals surface area contributed by atoms with E-state index in [0.717, 1.165) is 24.0 Å². The third-order valence-corrected chi connectivity index (χ3v) is 3.80. The summed E-state index contributed by atoms with van der Waals surface area (Å²) in [4.78, 5) is 16.6. The standard InChI is InChI=1S/C16H13F3N2O/c1-21-13-5-3-2-4-12(13)15(16(17,18)19,20-10-14(21)22)9-8-11-6-7-11/h2-5,10-11H,6-7H2,1H3. The molecule has 3 nitrogen and oxygen atoms in total. The van der Waals surface area contributed by atoms with Crippen molar-refractivity contribution in [1.29, 1.82) is 0 Å². The van der Waals surface area contributed by atoms with Gasteiger partial charge in [0.2, 0.25) is 5.54 Å². The maximum Gasteiger partial charge on any atom is 0.429 e. The maximum absolute atomic E-state index is 13.8. The van der Waals surface area contributed by atoms with Crippen molar-refractivity contribution in [2.24, 2.45) is 10.9 Å². The van der Waals surface area contributed by atoms with Crippen LogP contribution < -0.4 is 4.90 Å². The number of aliphatic imine (C=N–C) groups is 1. The van der Waals surface area contributed by atoms with Gasteiger partial charge in [0, 0.05) is 18.5 Å². The SMILES string of the molecule is CN1C(=O)C=NC(C#CC2CC2)(C(F)(F)F)c2ccccc21. The highest BCUT2D eigenvalue weighted by molar-refractivity contribution is 6.33.